The molecule has 1 fully saturated rings. The van der Waals surface area contributed by atoms with Crippen LogP contribution in [-0.2, 0) is 11.2 Å². The number of nitrogens with one attached hydrogen (secondary N) is 1. The molecule has 0 radical (unpaired) electrons. The molecule has 1 saturated heterocycles. The number of ether oxygens (including phenoxy) is 1. The zero-order valence-electron chi connectivity index (χ0n) is 10.8. The first-order valence-electron chi connectivity index (χ1n) is 6.48. The molecule has 1 aliphatic rings. The number of hydrazine groups is 1. The lowest BCUT2D eigenvalue weighted by Gasteiger charge is -2.40. The third-order valence-corrected chi connectivity index (χ3v) is 4.04. The van der Waals surface area contributed by atoms with Crippen molar-refractivity contribution in [3.05, 3.63) is 34.9 Å². The Kier molecular flexibility index (Phi) is 4.62. The quantitative estimate of drug-likeness (QED) is 0.652. The first-order valence-corrected chi connectivity index (χ1v) is 6.86. The molecule has 0 saturated carbocycles. The number of hydrogen-bond donors (Lipinski definition) is 2. The Balaban J connectivity index is 2.06. The van der Waals surface area contributed by atoms with Crippen LogP contribution in [0.5, 0.6) is 0 Å². The maximum atomic E-state index is 5.95. The molecule has 3 N–H and O–H groups in total. The molecule has 0 aromatic heterocycles. The molecule has 2 unspecified atom stereocenters. The number of nitrogens with two attached hydrogens (primary N) is 1. The fraction of sp³-hybridized carbons (Fsp3) is 0.571. The van der Waals surface area contributed by atoms with Crippen molar-refractivity contribution in [1.29, 1.82) is 0 Å². The van der Waals surface area contributed by atoms with Crippen molar-refractivity contribution < 1.29 is 4.74 Å². The molecule has 4 heteroatoms. The highest BCUT2D eigenvalue weighted by Gasteiger charge is 2.36. The Morgan fingerprint density at radius 1 is 1.39 bits per heavy atom. The average molecular weight is 269 g/mol. The van der Waals surface area contributed by atoms with Crippen molar-refractivity contribution in [2.75, 3.05) is 6.61 Å². The van der Waals surface area contributed by atoms with Gasteiger partial charge in [0.2, 0.25) is 0 Å². The Morgan fingerprint density at radius 3 is 2.67 bits per heavy atom. The van der Waals surface area contributed by atoms with Crippen molar-refractivity contribution >= 4 is 11.6 Å². The molecule has 1 aromatic rings. The predicted molar refractivity (Wildman–Crippen MR) is 74.5 cm³/mol. The van der Waals surface area contributed by atoms with Gasteiger partial charge in [0, 0.05) is 11.6 Å². The highest BCUT2D eigenvalue weighted by molar-refractivity contribution is 6.30. The summed E-state index contributed by atoms with van der Waals surface area (Å²) in [6.45, 7) is 2.97. The summed E-state index contributed by atoms with van der Waals surface area (Å²) in [6, 6.07) is 8.03. The summed E-state index contributed by atoms with van der Waals surface area (Å²) in [4.78, 5) is 0. The SMILES string of the molecule is CC1(C(Cc2ccc(Cl)cc2)NN)CCCCO1. The normalized spacial score (nSPS) is 25.9. The molecular weight excluding hydrogens is 248 g/mol. The lowest BCUT2D eigenvalue weighted by atomic mass is 9.85. The van der Waals surface area contributed by atoms with Crippen LogP contribution in [0, 0.1) is 0 Å². The largest absolute Gasteiger partial charge is 0.374 e. The topological polar surface area (TPSA) is 47.3 Å². The zero-order chi connectivity index (χ0) is 13.0. The number of rotatable bonds is 4. The molecule has 0 amide bonds. The summed E-state index contributed by atoms with van der Waals surface area (Å²) in [5, 5.41) is 0.760. The smallest absolute Gasteiger partial charge is 0.0823 e. The molecule has 1 aromatic carbocycles. The summed E-state index contributed by atoms with van der Waals surface area (Å²) in [5.74, 6) is 5.71. The van der Waals surface area contributed by atoms with Crippen molar-refractivity contribution in [2.45, 2.75) is 44.2 Å². The van der Waals surface area contributed by atoms with E-state index in [2.05, 4.69) is 12.3 Å². The van der Waals surface area contributed by atoms with E-state index in [1.54, 1.807) is 0 Å². The lowest BCUT2D eigenvalue weighted by molar-refractivity contribution is -0.0884. The van der Waals surface area contributed by atoms with E-state index < -0.39 is 0 Å². The lowest BCUT2D eigenvalue weighted by Crippen LogP contribution is -2.55. The van der Waals surface area contributed by atoms with Gasteiger partial charge in [-0.1, -0.05) is 23.7 Å². The molecule has 0 bridgehead atoms. The minimum atomic E-state index is -0.174. The molecule has 0 spiro atoms. The second kappa shape index (κ2) is 6.02. The molecular formula is C14H21ClN2O. The number of benzene rings is 1. The Morgan fingerprint density at radius 2 is 2.11 bits per heavy atom. The first-order chi connectivity index (χ1) is 8.64. The van der Waals surface area contributed by atoms with Gasteiger partial charge in [-0.2, -0.15) is 0 Å². The summed E-state index contributed by atoms with van der Waals surface area (Å²) < 4.78 is 5.95. The van der Waals surface area contributed by atoms with Gasteiger partial charge in [-0.25, -0.2) is 0 Å². The van der Waals surface area contributed by atoms with Crippen LogP contribution in [0.2, 0.25) is 5.02 Å². The van der Waals surface area contributed by atoms with Crippen LogP contribution in [0.3, 0.4) is 0 Å². The second-order valence-corrected chi connectivity index (χ2v) is 5.60. The van der Waals surface area contributed by atoms with E-state index in [0.717, 1.165) is 30.9 Å². The first kappa shape index (κ1) is 13.8. The molecule has 18 heavy (non-hydrogen) atoms. The van der Waals surface area contributed by atoms with E-state index in [0.29, 0.717) is 0 Å². The molecule has 1 aliphatic heterocycles. The van der Waals surface area contributed by atoms with E-state index in [1.165, 1.54) is 12.0 Å². The minimum Gasteiger partial charge on any atom is -0.374 e. The number of hydrogen-bond acceptors (Lipinski definition) is 3. The van der Waals surface area contributed by atoms with Crippen LogP contribution in [0.1, 0.15) is 31.7 Å². The van der Waals surface area contributed by atoms with Crippen LogP contribution < -0.4 is 11.3 Å². The fourth-order valence-electron chi connectivity index (χ4n) is 2.54. The van der Waals surface area contributed by atoms with Gasteiger partial charge in [-0.3, -0.25) is 11.3 Å². The fourth-order valence-corrected chi connectivity index (χ4v) is 2.66. The zero-order valence-corrected chi connectivity index (χ0v) is 11.5. The summed E-state index contributed by atoms with van der Waals surface area (Å²) >= 11 is 5.89. The third kappa shape index (κ3) is 3.23. The van der Waals surface area contributed by atoms with Gasteiger partial charge in [-0.05, 0) is 50.3 Å². The highest BCUT2D eigenvalue weighted by Crippen LogP contribution is 2.29. The van der Waals surface area contributed by atoms with Crippen LogP contribution in [-0.4, -0.2) is 18.2 Å². The van der Waals surface area contributed by atoms with Gasteiger partial charge in [-0.15, -0.1) is 0 Å². The van der Waals surface area contributed by atoms with E-state index >= 15 is 0 Å². The van der Waals surface area contributed by atoms with E-state index in [1.807, 2.05) is 24.3 Å². The van der Waals surface area contributed by atoms with Gasteiger partial charge in [0.1, 0.15) is 0 Å². The second-order valence-electron chi connectivity index (χ2n) is 5.17. The molecule has 3 nitrogen and oxygen atoms in total. The Labute approximate surface area is 114 Å². The third-order valence-electron chi connectivity index (χ3n) is 3.79. The molecule has 2 rings (SSSR count). The van der Waals surface area contributed by atoms with Crippen molar-refractivity contribution in [2.24, 2.45) is 5.84 Å². The minimum absolute atomic E-state index is 0.124. The maximum absolute atomic E-state index is 5.95. The van der Waals surface area contributed by atoms with Crippen LogP contribution >= 0.6 is 11.6 Å². The molecule has 2 atom stereocenters. The van der Waals surface area contributed by atoms with Gasteiger partial charge in [0.15, 0.2) is 0 Å². The maximum Gasteiger partial charge on any atom is 0.0823 e. The van der Waals surface area contributed by atoms with E-state index in [9.17, 15) is 0 Å². The molecule has 100 valence electrons. The van der Waals surface area contributed by atoms with Crippen molar-refractivity contribution in [3.63, 3.8) is 0 Å². The van der Waals surface area contributed by atoms with Crippen molar-refractivity contribution in [3.8, 4) is 0 Å². The van der Waals surface area contributed by atoms with E-state index in [4.69, 9.17) is 22.2 Å². The standard InChI is InChI=1S/C14H21ClN2O/c1-14(8-2-3-9-18-14)13(17-16)10-11-4-6-12(15)7-5-11/h4-7,13,17H,2-3,8-10,16H2,1H3. The summed E-state index contributed by atoms with van der Waals surface area (Å²) in [7, 11) is 0. The summed E-state index contributed by atoms with van der Waals surface area (Å²) in [6.07, 6.45) is 4.25. The Hall–Kier alpha value is -0.610. The van der Waals surface area contributed by atoms with Crippen LogP contribution in [0.15, 0.2) is 24.3 Å². The highest BCUT2D eigenvalue weighted by atomic mass is 35.5. The molecule has 1 heterocycles. The van der Waals surface area contributed by atoms with Crippen molar-refractivity contribution in [1.82, 2.24) is 5.43 Å². The molecule has 0 aliphatic carbocycles. The summed E-state index contributed by atoms with van der Waals surface area (Å²) in [5.41, 5.74) is 3.96. The van der Waals surface area contributed by atoms with Gasteiger partial charge in [0.25, 0.3) is 0 Å². The monoisotopic (exact) mass is 268 g/mol. The van der Waals surface area contributed by atoms with Gasteiger partial charge >= 0.3 is 0 Å². The van der Waals surface area contributed by atoms with Crippen LogP contribution in [0.4, 0.5) is 0 Å². The Bertz CT molecular complexity index is 374. The van der Waals surface area contributed by atoms with Gasteiger partial charge < -0.3 is 4.74 Å². The van der Waals surface area contributed by atoms with Crippen LogP contribution in [0.25, 0.3) is 0 Å². The average Bonchev–Trinajstić information content (AvgIpc) is 2.38. The van der Waals surface area contributed by atoms with Gasteiger partial charge in [0.05, 0.1) is 11.6 Å². The predicted octanol–water partition coefficient (Wildman–Crippen LogP) is 2.67. The number of halogens is 1. The van der Waals surface area contributed by atoms with E-state index in [-0.39, 0.29) is 11.6 Å².